The van der Waals surface area contributed by atoms with Gasteiger partial charge < -0.3 is 9.15 Å². The van der Waals surface area contributed by atoms with Gasteiger partial charge in [-0.15, -0.1) is 5.10 Å². The molecule has 0 bridgehead atoms. The number of methoxy groups -OCH3 is 1. The highest BCUT2D eigenvalue weighted by Crippen LogP contribution is 2.14. The zero-order valence-electron chi connectivity index (χ0n) is 7.97. The summed E-state index contributed by atoms with van der Waals surface area (Å²) in [6, 6.07) is 3.84. The van der Waals surface area contributed by atoms with Crippen LogP contribution in [0.3, 0.4) is 0 Å². The Morgan fingerprint density at radius 3 is 2.80 bits per heavy atom. The molecular weight excluding hydrogens is 211 g/mol. The first-order valence-corrected chi connectivity index (χ1v) is 4.72. The van der Waals surface area contributed by atoms with Crippen molar-refractivity contribution in [3.05, 3.63) is 18.3 Å². The van der Waals surface area contributed by atoms with Crippen LogP contribution in [-0.2, 0) is 0 Å². The van der Waals surface area contributed by atoms with Gasteiger partial charge in [-0.2, -0.15) is 0 Å². The molecule has 6 nitrogen and oxygen atoms in total. The number of aromatic nitrogens is 3. The topological polar surface area (TPSA) is 73.1 Å². The lowest BCUT2D eigenvalue weighted by molar-refractivity contribution is 0.413. The normalized spacial score (nSPS) is 9.93. The van der Waals surface area contributed by atoms with E-state index in [0.717, 1.165) is 0 Å². The fourth-order valence-electron chi connectivity index (χ4n) is 0.970. The van der Waals surface area contributed by atoms with Crippen molar-refractivity contribution < 1.29 is 9.15 Å². The minimum atomic E-state index is 0.303. The maximum absolute atomic E-state index is 5.10. The first kappa shape index (κ1) is 9.96. The van der Waals surface area contributed by atoms with Crippen LogP contribution < -0.4 is 14.8 Å². The van der Waals surface area contributed by atoms with Gasteiger partial charge >= 0.3 is 6.01 Å². The standard InChI is InChI=1S/C8H7N4O2.Al/c1-13-6-2-3-7(9-4-6)11-8-12-10-5-14-8;/h2-4H,1H3,(H,9,11,12);. The van der Waals surface area contributed by atoms with E-state index in [1.54, 1.807) is 25.4 Å². The fourth-order valence-corrected chi connectivity index (χ4v) is 1.14. The van der Waals surface area contributed by atoms with Crippen LogP contribution in [0.4, 0.5) is 11.8 Å². The molecule has 2 rings (SSSR count). The van der Waals surface area contributed by atoms with E-state index in [0.29, 0.717) is 22.3 Å². The van der Waals surface area contributed by atoms with Gasteiger partial charge in [-0.3, -0.25) is 5.32 Å². The predicted molar refractivity (Wildman–Crippen MR) is 53.8 cm³/mol. The molecule has 7 heteroatoms. The van der Waals surface area contributed by atoms with E-state index in [1.165, 1.54) is 0 Å². The monoisotopic (exact) mass is 218 g/mol. The van der Waals surface area contributed by atoms with Gasteiger partial charge in [0, 0.05) is 0 Å². The van der Waals surface area contributed by atoms with Gasteiger partial charge in [-0.25, -0.2) is 4.98 Å². The highest BCUT2D eigenvalue weighted by molar-refractivity contribution is 6.28. The van der Waals surface area contributed by atoms with Crippen LogP contribution in [0.15, 0.2) is 22.7 Å². The minimum Gasteiger partial charge on any atom is -0.495 e. The summed E-state index contributed by atoms with van der Waals surface area (Å²) >= 11 is 2.31. The molecule has 74 valence electrons. The van der Waals surface area contributed by atoms with Crippen molar-refractivity contribution in [2.75, 3.05) is 12.4 Å². The lowest BCUT2D eigenvalue weighted by Crippen LogP contribution is -2.00. The second-order valence-corrected chi connectivity index (χ2v) is 3.15. The van der Waals surface area contributed by atoms with Crippen LogP contribution in [0.5, 0.6) is 5.75 Å². The Hall–Kier alpha value is -1.58. The lowest BCUT2D eigenvalue weighted by atomic mass is 10.4. The molecule has 2 aromatic heterocycles. The van der Waals surface area contributed by atoms with Crippen LogP contribution in [0.25, 0.3) is 0 Å². The number of pyridine rings is 1. The van der Waals surface area contributed by atoms with Crippen molar-refractivity contribution in [2.45, 2.75) is 0 Å². The molecule has 2 radical (unpaired) electrons. The van der Waals surface area contributed by atoms with Crippen molar-refractivity contribution in [2.24, 2.45) is 0 Å². The molecule has 0 saturated carbocycles. The van der Waals surface area contributed by atoms with Gasteiger partial charge in [0.1, 0.15) is 11.6 Å². The molecule has 0 spiro atoms. The van der Waals surface area contributed by atoms with Crippen molar-refractivity contribution in [1.29, 1.82) is 0 Å². The van der Waals surface area contributed by atoms with Crippen LogP contribution in [0.1, 0.15) is 0 Å². The highest BCUT2D eigenvalue weighted by atomic mass is 27.0. The molecule has 15 heavy (non-hydrogen) atoms. The van der Waals surface area contributed by atoms with E-state index < -0.39 is 0 Å². The van der Waals surface area contributed by atoms with Gasteiger partial charge in [0.05, 0.1) is 18.1 Å². The first-order valence-electron chi connectivity index (χ1n) is 4.14. The summed E-state index contributed by atoms with van der Waals surface area (Å²) in [7, 11) is 1.59. The summed E-state index contributed by atoms with van der Waals surface area (Å²) in [4.78, 5) is 4.08. The summed E-state index contributed by atoms with van der Waals surface area (Å²) < 4.78 is 10.5. The van der Waals surface area contributed by atoms with Crippen LogP contribution in [0, 0.1) is 0 Å². The molecule has 0 aliphatic carbocycles. The molecule has 0 atom stereocenters. The summed E-state index contributed by atoms with van der Waals surface area (Å²) in [6.07, 6.45) is 1.60. The third kappa shape index (κ3) is 2.46. The van der Waals surface area contributed by atoms with Gasteiger partial charge in [0.2, 0.25) is 0 Å². The van der Waals surface area contributed by atoms with Crippen molar-refractivity contribution in [3.63, 3.8) is 0 Å². The van der Waals surface area contributed by atoms with E-state index in [1.807, 2.05) is 0 Å². The van der Waals surface area contributed by atoms with Crippen LogP contribution in [-0.4, -0.2) is 38.6 Å². The molecular formula is C8H7AlN4O2. The molecule has 0 aromatic carbocycles. The Balaban J connectivity index is 2.11. The minimum absolute atomic E-state index is 0.303. The molecule has 2 aromatic rings. The SMILES string of the molecule is COc1ccc(Nc2nn[c]([Al])o2)nc1. The van der Waals surface area contributed by atoms with E-state index >= 15 is 0 Å². The summed E-state index contributed by atoms with van der Waals surface area (Å²) in [5, 5.41) is 10.3. The molecule has 2 heterocycles. The smallest absolute Gasteiger partial charge is 0.319 e. The zero-order chi connectivity index (χ0) is 10.7. The van der Waals surface area contributed by atoms with E-state index in [-0.39, 0.29) is 0 Å². The molecule has 0 aliphatic heterocycles. The lowest BCUT2D eigenvalue weighted by Gasteiger charge is -2.01. The maximum Gasteiger partial charge on any atom is 0.319 e. The second-order valence-electron chi connectivity index (χ2n) is 2.65. The van der Waals surface area contributed by atoms with Crippen LogP contribution in [0.2, 0.25) is 0 Å². The Labute approximate surface area is 94.1 Å². The van der Waals surface area contributed by atoms with Gasteiger partial charge in [-0.1, -0.05) is 5.10 Å². The molecule has 0 aliphatic rings. The summed E-state index contributed by atoms with van der Waals surface area (Å²) in [5.74, 6) is 1.31. The molecule has 0 saturated heterocycles. The Morgan fingerprint density at radius 2 is 2.27 bits per heavy atom. The Kier molecular flexibility index (Phi) is 2.85. The molecule has 0 unspecified atom stereocenters. The Morgan fingerprint density at radius 1 is 1.40 bits per heavy atom. The number of hydrogen-bond acceptors (Lipinski definition) is 6. The first-order chi connectivity index (χ1) is 7.28. The van der Waals surface area contributed by atoms with Gasteiger partial charge in [-0.05, 0) is 12.1 Å². The average Bonchev–Trinajstić information content (AvgIpc) is 2.65. The van der Waals surface area contributed by atoms with E-state index in [9.17, 15) is 0 Å². The Bertz CT molecular complexity index is 442. The molecule has 0 fully saturated rings. The zero-order valence-corrected chi connectivity index (χ0v) is 9.12. The third-order valence-electron chi connectivity index (χ3n) is 1.65. The van der Waals surface area contributed by atoms with Crippen LogP contribution >= 0.6 is 0 Å². The summed E-state index contributed by atoms with van der Waals surface area (Å²) in [6.45, 7) is 0. The number of hydrogen-bond donors (Lipinski definition) is 1. The molecule has 0 amide bonds. The number of rotatable bonds is 3. The van der Waals surface area contributed by atoms with E-state index in [4.69, 9.17) is 9.15 Å². The fraction of sp³-hybridized carbons (Fsp3) is 0.125. The van der Waals surface area contributed by atoms with Crippen molar-refractivity contribution in [1.82, 2.24) is 15.2 Å². The van der Waals surface area contributed by atoms with Crippen molar-refractivity contribution >= 4 is 32.9 Å². The van der Waals surface area contributed by atoms with Gasteiger partial charge in [0.25, 0.3) is 16.3 Å². The quantitative estimate of drug-likeness (QED) is 0.731. The third-order valence-corrected chi connectivity index (χ3v) is 1.88. The van der Waals surface area contributed by atoms with Crippen molar-refractivity contribution in [3.8, 4) is 5.75 Å². The average molecular weight is 218 g/mol. The number of nitrogens with one attached hydrogen (secondary N) is 1. The molecule has 1 N–H and O–H groups in total. The number of anilines is 2. The largest absolute Gasteiger partial charge is 0.495 e. The number of nitrogens with zero attached hydrogens (tertiary/aromatic N) is 3. The second kappa shape index (κ2) is 4.30. The predicted octanol–water partition coefficient (Wildman–Crippen LogP) is 0.0106. The van der Waals surface area contributed by atoms with Gasteiger partial charge in [0.15, 0.2) is 0 Å². The summed E-state index contributed by atoms with van der Waals surface area (Å²) in [5.41, 5.74) is 0. The maximum atomic E-state index is 5.10. The van der Waals surface area contributed by atoms with E-state index in [2.05, 4.69) is 36.8 Å². The number of ether oxygens (including phenoxy) is 1. The highest BCUT2D eigenvalue weighted by Gasteiger charge is 2.02.